The Morgan fingerprint density at radius 3 is 2.93 bits per heavy atom. The van der Waals surface area contributed by atoms with Crippen molar-refractivity contribution in [2.75, 3.05) is 5.73 Å². The van der Waals surface area contributed by atoms with E-state index in [1.54, 1.807) is 12.1 Å². The first-order chi connectivity index (χ1) is 6.61. The number of aromatic nitrogens is 2. The van der Waals surface area contributed by atoms with Gasteiger partial charge in [0.05, 0.1) is 9.77 Å². The van der Waals surface area contributed by atoms with Crippen LogP contribution in [-0.4, -0.2) is 20.5 Å². The predicted molar refractivity (Wildman–Crippen MR) is 59.3 cm³/mol. The van der Waals surface area contributed by atoms with E-state index in [0.717, 1.165) is 3.57 Å². The van der Waals surface area contributed by atoms with Crippen molar-refractivity contribution in [2.45, 2.75) is 0 Å². The summed E-state index contributed by atoms with van der Waals surface area (Å²) < 4.78 is 2.29. The van der Waals surface area contributed by atoms with Gasteiger partial charge in [-0.15, -0.1) is 0 Å². The summed E-state index contributed by atoms with van der Waals surface area (Å²) in [6.45, 7) is 0. The highest BCUT2D eigenvalue weighted by Gasteiger charge is 2.13. The van der Waals surface area contributed by atoms with Crippen molar-refractivity contribution in [1.29, 1.82) is 0 Å². The molecule has 0 unspecified atom stereocenters. The second-order valence-electron chi connectivity index (χ2n) is 2.71. The molecule has 0 bridgehead atoms. The molecule has 2 rings (SSSR count). The van der Waals surface area contributed by atoms with Crippen molar-refractivity contribution in [1.82, 2.24) is 9.38 Å². The Hall–Kier alpha value is -1.31. The van der Waals surface area contributed by atoms with Crippen LogP contribution in [0.3, 0.4) is 0 Å². The Morgan fingerprint density at radius 1 is 1.57 bits per heavy atom. The molecule has 5 nitrogen and oxygen atoms in total. The summed E-state index contributed by atoms with van der Waals surface area (Å²) in [5.74, 6) is -0.665. The molecule has 0 atom stereocenters. The van der Waals surface area contributed by atoms with Crippen LogP contribution in [0, 0.1) is 3.57 Å². The minimum atomic E-state index is -1.04. The second kappa shape index (κ2) is 3.12. The van der Waals surface area contributed by atoms with Gasteiger partial charge in [-0.25, -0.2) is 9.78 Å². The van der Waals surface area contributed by atoms with Gasteiger partial charge in [0.25, 0.3) is 0 Å². The summed E-state index contributed by atoms with van der Waals surface area (Å²) in [4.78, 5) is 14.8. The molecule has 2 aromatic rings. The second-order valence-corrected chi connectivity index (χ2v) is 3.88. The summed E-state index contributed by atoms with van der Waals surface area (Å²) in [5.41, 5.74) is 6.32. The first-order valence-electron chi connectivity index (χ1n) is 3.76. The smallest absolute Gasteiger partial charge is 0.354 e. The maximum absolute atomic E-state index is 10.8. The number of pyridine rings is 1. The maximum Gasteiger partial charge on any atom is 0.354 e. The molecule has 0 aliphatic rings. The lowest BCUT2D eigenvalue weighted by Gasteiger charge is -2.02. The fraction of sp³-hybridized carbons (Fsp3) is 0. The van der Waals surface area contributed by atoms with Crippen LogP contribution >= 0.6 is 22.6 Å². The van der Waals surface area contributed by atoms with Crippen molar-refractivity contribution in [3.8, 4) is 0 Å². The molecule has 14 heavy (non-hydrogen) atoms. The number of nitrogens with zero attached hydrogens (tertiary/aromatic N) is 2. The van der Waals surface area contributed by atoms with E-state index in [4.69, 9.17) is 10.8 Å². The fourth-order valence-electron chi connectivity index (χ4n) is 1.24. The van der Waals surface area contributed by atoms with Crippen LogP contribution in [0.5, 0.6) is 0 Å². The van der Waals surface area contributed by atoms with Gasteiger partial charge >= 0.3 is 5.97 Å². The molecule has 0 saturated heterocycles. The Kier molecular flexibility index (Phi) is 2.06. The number of carboxylic acids is 1. The Labute approximate surface area is 92.7 Å². The predicted octanol–water partition coefficient (Wildman–Crippen LogP) is 1.22. The number of rotatable bonds is 1. The SMILES string of the molecule is Nc1ccc(I)c2ncc(C(=O)O)n12. The number of hydrogen-bond donors (Lipinski definition) is 2. The van der Waals surface area contributed by atoms with Crippen LogP contribution in [0.4, 0.5) is 5.82 Å². The summed E-state index contributed by atoms with van der Waals surface area (Å²) >= 11 is 2.08. The zero-order valence-electron chi connectivity index (χ0n) is 6.94. The van der Waals surface area contributed by atoms with E-state index in [1.807, 2.05) is 0 Å². The first-order valence-corrected chi connectivity index (χ1v) is 4.84. The normalized spacial score (nSPS) is 10.6. The number of nitrogens with two attached hydrogens (primary N) is 1. The van der Waals surface area contributed by atoms with Crippen LogP contribution in [0.2, 0.25) is 0 Å². The molecular formula is C8H6IN3O2. The third kappa shape index (κ3) is 1.22. The van der Waals surface area contributed by atoms with Crippen molar-refractivity contribution in [3.63, 3.8) is 0 Å². The third-order valence-electron chi connectivity index (χ3n) is 1.85. The van der Waals surface area contributed by atoms with Gasteiger partial charge in [-0.1, -0.05) is 0 Å². The molecule has 0 spiro atoms. The van der Waals surface area contributed by atoms with Gasteiger partial charge in [0.1, 0.15) is 5.82 Å². The fourth-order valence-corrected chi connectivity index (χ4v) is 1.80. The minimum Gasteiger partial charge on any atom is -0.477 e. The molecule has 6 heteroatoms. The van der Waals surface area contributed by atoms with E-state index >= 15 is 0 Å². The molecule has 0 saturated carbocycles. The number of carbonyl (C=O) groups is 1. The molecule has 0 aliphatic carbocycles. The van der Waals surface area contributed by atoms with E-state index in [9.17, 15) is 4.79 Å². The van der Waals surface area contributed by atoms with E-state index in [2.05, 4.69) is 27.6 Å². The van der Waals surface area contributed by atoms with Crippen molar-refractivity contribution < 1.29 is 9.90 Å². The molecular weight excluding hydrogens is 297 g/mol. The number of imidazole rings is 1. The van der Waals surface area contributed by atoms with Crippen LogP contribution in [-0.2, 0) is 0 Å². The minimum absolute atomic E-state index is 0.0796. The summed E-state index contributed by atoms with van der Waals surface area (Å²) in [7, 11) is 0. The standard InChI is InChI=1S/C8H6IN3O2/c9-4-1-2-6(10)12-5(8(13)14)3-11-7(4)12/h1-3H,10H2,(H,13,14). The quantitative estimate of drug-likeness (QED) is 0.776. The van der Waals surface area contributed by atoms with Gasteiger partial charge in [0.15, 0.2) is 11.3 Å². The molecule has 3 N–H and O–H groups in total. The first kappa shape index (κ1) is 9.25. The summed E-state index contributed by atoms with van der Waals surface area (Å²) in [6.07, 6.45) is 1.30. The number of anilines is 1. The third-order valence-corrected chi connectivity index (χ3v) is 2.70. The van der Waals surface area contributed by atoms with Gasteiger partial charge in [-0.3, -0.25) is 4.40 Å². The zero-order valence-corrected chi connectivity index (χ0v) is 9.09. The zero-order chi connectivity index (χ0) is 10.3. The van der Waals surface area contributed by atoms with Gasteiger partial charge in [0, 0.05) is 0 Å². The molecule has 72 valence electrons. The molecule has 2 aromatic heterocycles. The molecule has 0 fully saturated rings. The average Bonchev–Trinajstić information content (AvgIpc) is 2.56. The van der Waals surface area contributed by atoms with E-state index < -0.39 is 5.97 Å². The van der Waals surface area contributed by atoms with Crippen molar-refractivity contribution >= 4 is 40.0 Å². The number of halogens is 1. The Bertz CT molecular complexity index is 521. The number of hydrogen-bond acceptors (Lipinski definition) is 3. The van der Waals surface area contributed by atoms with E-state index in [1.165, 1.54) is 10.6 Å². The van der Waals surface area contributed by atoms with Crippen LogP contribution < -0.4 is 5.73 Å². The molecule has 0 radical (unpaired) electrons. The van der Waals surface area contributed by atoms with Gasteiger partial charge < -0.3 is 10.8 Å². The summed E-state index contributed by atoms with van der Waals surface area (Å²) in [6, 6.07) is 3.45. The topological polar surface area (TPSA) is 80.6 Å². The van der Waals surface area contributed by atoms with E-state index in [0.29, 0.717) is 11.5 Å². The van der Waals surface area contributed by atoms with E-state index in [-0.39, 0.29) is 5.69 Å². The van der Waals surface area contributed by atoms with Crippen LogP contribution in [0.1, 0.15) is 10.5 Å². The molecule has 0 aliphatic heterocycles. The van der Waals surface area contributed by atoms with Crippen LogP contribution in [0.25, 0.3) is 5.65 Å². The van der Waals surface area contributed by atoms with Gasteiger partial charge in [-0.05, 0) is 34.7 Å². The Morgan fingerprint density at radius 2 is 2.29 bits per heavy atom. The number of fused-ring (bicyclic) bond motifs is 1. The van der Waals surface area contributed by atoms with Gasteiger partial charge in [0.2, 0.25) is 0 Å². The number of aromatic carboxylic acids is 1. The monoisotopic (exact) mass is 303 g/mol. The molecule has 0 aromatic carbocycles. The largest absolute Gasteiger partial charge is 0.477 e. The highest BCUT2D eigenvalue weighted by atomic mass is 127. The highest BCUT2D eigenvalue weighted by Crippen LogP contribution is 2.18. The van der Waals surface area contributed by atoms with Crippen molar-refractivity contribution in [2.24, 2.45) is 0 Å². The number of nitrogen functional groups attached to an aromatic ring is 1. The molecule has 0 amide bonds. The average molecular weight is 303 g/mol. The lowest BCUT2D eigenvalue weighted by molar-refractivity contribution is 0.0689. The lowest BCUT2D eigenvalue weighted by atomic mass is 10.4. The number of carboxylic acid groups (broad SMARTS) is 1. The molecule has 2 heterocycles. The van der Waals surface area contributed by atoms with Gasteiger partial charge in [-0.2, -0.15) is 0 Å². The summed E-state index contributed by atoms with van der Waals surface area (Å²) in [5, 5.41) is 8.87. The lowest BCUT2D eigenvalue weighted by Crippen LogP contribution is -2.06. The maximum atomic E-state index is 10.8. The highest BCUT2D eigenvalue weighted by molar-refractivity contribution is 14.1. The Balaban J connectivity index is 2.90. The van der Waals surface area contributed by atoms with Crippen molar-refractivity contribution in [3.05, 3.63) is 27.6 Å². The van der Waals surface area contributed by atoms with Crippen LogP contribution in [0.15, 0.2) is 18.3 Å².